The van der Waals surface area contributed by atoms with Crippen LogP contribution in [0.3, 0.4) is 0 Å². The van der Waals surface area contributed by atoms with Crippen molar-refractivity contribution in [2.75, 3.05) is 17.7 Å². The number of aryl methyl sites for hydroxylation is 1. The number of carbonyl (C=O) groups is 1. The van der Waals surface area contributed by atoms with E-state index in [1.165, 1.54) is 12.4 Å². The molecule has 1 amide bonds. The molecule has 0 aliphatic rings. The van der Waals surface area contributed by atoms with Crippen LogP contribution in [0, 0.1) is 0 Å². The first-order chi connectivity index (χ1) is 13.1. The third kappa shape index (κ3) is 4.54. The summed E-state index contributed by atoms with van der Waals surface area (Å²) in [4.78, 5) is 20.9. The minimum atomic E-state index is -0.261. The number of nitrogens with one attached hydrogen (secondary N) is 2. The minimum absolute atomic E-state index is 0.261. The van der Waals surface area contributed by atoms with Crippen molar-refractivity contribution in [2.45, 2.75) is 13.3 Å². The maximum Gasteiger partial charge on any atom is 0.258 e. The van der Waals surface area contributed by atoms with Crippen LogP contribution in [0.5, 0.6) is 5.75 Å². The van der Waals surface area contributed by atoms with Crippen molar-refractivity contribution in [3.8, 4) is 5.75 Å². The summed E-state index contributed by atoms with van der Waals surface area (Å²) in [5.74, 6) is 0.685. The number of nitrogens with zero attached hydrogens (tertiary/aromatic N) is 2. The Morgan fingerprint density at radius 3 is 2.56 bits per heavy atom. The highest BCUT2D eigenvalue weighted by Crippen LogP contribution is 2.29. The fourth-order valence-electron chi connectivity index (χ4n) is 2.55. The predicted molar refractivity (Wildman–Crippen MR) is 107 cm³/mol. The summed E-state index contributed by atoms with van der Waals surface area (Å²) in [7, 11) is 1.57. The van der Waals surface area contributed by atoms with Gasteiger partial charge in [-0.15, -0.1) is 0 Å². The molecule has 0 unspecified atom stereocenters. The lowest BCUT2D eigenvalue weighted by molar-refractivity contribution is 0.102. The standard InChI is InChI=1S/C20H19ClN4O2/c1-3-13-6-4-5-7-16(13)24-19(26)14-11-22-20(23-12-14)25-17-10-15(21)8-9-18(17)27-2/h4-12H,3H2,1-2H3,(H,24,26)(H,22,23,25). The Bertz CT molecular complexity index is 945. The Hall–Kier alpha value is -3.12. The molecule has 0 aliphatic carbocycles. The van der Waals surface area contributed by atoms with Crippen molar-refractivity contribution >= 4 is 34.8 Å². The second-order valence-electron chi connectivity index (χ2n) is 5.73. The highest BCUT2D eigenvalue weighted by molar-refractivity contribution is 6.31. The van der Waals surface area contributed by atoms with E-state index in [9.17, 15) is 4.79 Å². The van der Waals surface area contributed by atoms with Crippen LogP contribution < -0.4 is 15.4 Å². The summed E-state index contributed by atoms with van der Waals surface area (Å²) in [6, 6.07) is 12.9. The van der Waals surface area contributed by atoms with E-state index in [1.54, 1.807) is 25.3 Å². The first kappa shape index (κ1) is 18.7. The van der Waals surface area contributed by atoms with Crippen LogP contribution in [0.15, 0.2) is 54.9 Å². The van der Waals surface area contributed by atoms with Crippen LogP contribution in [0.2, 0.25) is 5.02 Å². The number of ether oxygens (including phenoxy) is 1. The van der Waals surface area contributed by atoms with Gasteiger partial charge in [-0.05, 0) is 36.2 Å². The number of rotatable bonds is 6. The second kappa shape index (κ2) is 8.51. The molecule has 0 fully saturated rings. The number of amides is 1. The average molecular weight is 383 g/mol. The highest BCUT2D eigenvalue weighted by atomic mass is 35.5. The van der Waals surface area contributed by atoms with Crippen LogP contribution in [-0.2, 0) is 6.42 Å². The zero-order chi connectivity index (χ0) is 19.2. The van der Waals surface area contributed by atoms with Gasteiger partial charge in [0, 0.05) is 23.1 Å². The van der Waals surface area contributed by atoms with Gasteiger partial charge in [0.1, 0.15) is 5.75 Å². The Labute approximate surface area is 162 Å². The highest BCUT2D eigenvalue weighted by Gasteiger charge is 2.11. The molecule has 0 atom stereocenters. The molecule has 7 heteroatoms. The maximum absolute atomic E-state index is 12.4. The molecule has 138 valence electrons. The van der Waals surface area contributed by atoms with E-state index in [-0.39, 0.29) is 5.91 Å². The topological polar surface area (TPSA) is 76.1 Å². The molecule has 0 spiro atoms. The number of carbonyl (C=O) groups excluding carboxylic acids is 1. The lowest BCUT2D eigenvalue weighted by Crippen LogP contribution is -2.14. The summed E-state index contributed by atoms with van der Waals surface area (Å²) in [6.07, 6.45) is 3.77. The number of hydrogen-bond acceptors (Lipinski definition) is 5. The van der Waals surface area contributed by atoms with Crippen LogP contribution in [0.1, 0.15) is 22.8 Å². The van der Waals surface area contributed by atoms with E-state index < -0.39 is 0 Å². The van der Waals surface area contributed by atoms with Gasteiger partial charge in [-0.3, -0.25) is 4.79 Å². The normalized spacial score (nSPS) is 10.3. The first-order valence-corrected chi connectivity index (χ1v) is 8.80. The molecule has 1 aromatic heterocycles. The van der Waals surface area contributed by atoms with Gasteiger partial charge >= 0.3 is 0 Å². The number of methoxy groups -OCH3 is 1. The third-order valence-corrected chi connectivity index (χ3v) is 4.20. The van der Waals surface area contributed by atoms with E-state index in [0.717, 1.165) is 17.7 Å². The fraction of sp³-hybridized carbons (Fsp3) is 0.150. The predicted octanol–water partition coefficient (Wildman–Crippen LogP) is 4.70. The smallest absolute Gasteiger partial charge is 0.258 e. The summed E-state index contributed by atoms with van der Waals surface area (Å²) >= 11 is 6.02. The van der Waals surface area contributed by atoms with Crippen molar-refractivity contribution < 1.29 is 9.53 Å². The molecule has 2 aromatic carbocycles. The Kier molecular flexibility index (Phi) is 5.88. The quantitative estimate of drug-likeness (QED) is 0.646. The largest absolute Gasteiger partial charge is 0.495 e. The molecular formula is C20H19ClN4O2. The van der Waals surface area contributed by atoms with Gasteiger partial charge in [0.2, 0.25) is 5.95 Å². The molecule has 1 heterocycles. The van der Waals surface area contributed by atoms with Crippen LogP contribution in [-0.4, -0.2) is 23.0 Å². The molecular weight excluding hydrogens is 364 g/mol. The van der Waals surface area contributed by atoms with Crippen LogP contribution in [0.4, 0.5) is 17.3 Å². The summed E-state index contributed by atoms with van der Waals surface area (Å²) in [6.45, 7) is 2.04. The average Bonchev–Trinajstić information content (AvgIpc) is 2.69. The molecule has 6 nitrogen and oxygen atoms in total. The molecule has 0 saturated carbocycles. The molecule has 2 N–H and O–H groups in total. The number of benzene rings is 2. The summed E-state index contributed by atoms with van der Waals surface area (Å²) in [5.41, 5.74) is 2.86. The number of para-hydroxylation sites is 1. The Balaban J connectivity index is 1.73. The van der Waals surface area contributed by atoms with Gasteiger partial charge < -0.3 is 15.4 Å². The van der Waals surface area contributed by atoms with E-state index in [0.29, 0.717) is 28.0 Å². The number of hydrogen-bond donors (Lipinski definition) is 2. The summed E-state index contributed by atoms with van der Waals surface area (Å²) in [5, 5.41) is 6.49. The van der Waals surface area contributed by atoms with E-state index in [2.05, 4.69) is 20.6 Å². The van der Waals surface area contributed by atoms with Crippen molar-refractivity contribution in [3.05, 3.63) is 71.0 Å². The zero-order valence-corrected chi connectivity index (χ0v) is 15.7. The number of anilines is 3. The monoisotopic (exact) mass is 382 g/mol. The van der Waals surface area contributed by atoms with Gasteiger partial charge in [0.05, 0.1) is 18.4 Å². The second-order valence-corrected chi connectivity index (χ2v) is 6.17. The first-order valence-electron chi connectivity index (χ1n) is 8.42. The van der Waals surface area contributed by atoms with Gasteiger partial charge in [0.15, 0.2) is 0 Å². The van der Waals surface area contributed by atoms with Crippen LogP contribution >= 0.6 is 11.6 Å². The van der Waals surface area contributed by atoms with E-state index >= 15 is 0 Å². The van der Waals surface area contributed by atoms with Crippen molar-refractivity contribution in [1.29, 1.82) is 0 Å². The van der Waals surface area contributed by atoms with Crippen molar-refractivity contribution in [1.82, 2.24) is 9.97 Å². The lowest BCUT2D eigenvalue weighted by Gasteiger charge is -2.11. The SMILES string of the molecule is CCc1ccccc1NC(=O)c1cnc(Nc2cc(Cl)ccc2OC)nc1. The zero-order valence-electron chi connectivity index (χ0n) is 15.0. The van der Waals surface area contributed by atoms with Crippen molar-refractivity contribution in [3.63, 3.8) is 0 Å². The Morgan fingerprint density at radius 1 is 1.11 bits per heavy atom. The molecule has 3 aromatic rings. The molecule has 27 heavy (non-hydrogen) atoms. The number of aromatic nitrogens is 2. The summed E-state index contributed by atoms with van der Waals surface area (Å²) < 4.78 is 5.28. The van der Waals surface area contributed by atoms with Gasteiger partial charge in [-0.1, -0.05) is 36.7 Å². The molecule has 0 aliphatic heterocycles. The van der Waals surface area contributed by atoms with Gasteiger partial charge in [-0.2, -0.15) is 0 Å². The lowest BCUT2D eigenvalue weighted by atomic mass is 10.1. The molecule has 0 radical (unpaired) electrons. The third-order valence-electron chi connectivity index (χ3n) is 3.97. The molecule has 0 saturated heterocycles. The van der Waals surface area contributed by atoms with Crippen molar-refractivity contribution in [2.24, 2.45) is 0 Å². The fourth-order valence-corrected chi connectivity index (χ4v) is 2.73. The maximum atomic E-state index is 12.4. The van der Waals surface area contributed by atoms with E-state index in [1.807, 2.05) is 31.2 Å². The molecule has 3 rings (SSSR count). The minimum Gasteiger partial charge on any atom is -0.495 e. The van der Waals surface area contributed by atoms with Gasteiger partial charge in [0.25, 0.3) is 5.91 Å². The van der Waals surface area contributed by atoms with Crippen LogP contribution in [0.25, 0.3) is 0 Å². The number of halogens is 1. The van der Waals surface area contributed by atoms with E-state index in [4.69, 9.17) is 16.3 Å². The van der Waals surface area contributed by atoms with Gasteiger partial charge in [-0.25, -0.2) is 9.97 Å². The molecule has 0 bridgehead atoms. The Morgan fingerprint density at radius 2 is 1.85 bits per heavy atom.